The number of hydrogen-bond donors (Lipinski definition) is 3. The van der Waals surface area contributed by atoms with Gasteiger partial charge in [-0.15, -0.1) is 0 Å². The number of amides is 1. The number of nitrogens with one attached hydrogen (secondary N) is 2. The number of fused-ring (bicyclic) bond motifs is 1. The molecule has 0 unspecified atom stereocenters. The molecule has 32 heavy (non-hydrogen) atoms. The number of nitrogens with zero attached hydrogens (tertiary/aromatic N) is 1. The van der Waals surface area contributed by atoms with Gasteiger partial charge in [-0.05, 0) is 56.4 Å². The Morgan fingerprint density at radius 3 is 2.78 bits per heavy atom. The summed E-state index contributed by atoms with van der Waals surface area (Å²) in [6.45, 7) is 1.94. The van der Waals surface area contributed by atoms with Gasteiger partial charge in [-0.1, -0.05) is 23.7 Å². The third-order valence-electron chi connectivity index (χ3n) is 6.56. The van der Waals surface area contributed by atoms with Crippen LogP contribution in [0.3, 0.4) is 0 Å². The quantitative estimate of drug-likeness (QED) is 0.569. The van der Waals surface area contributed by atoms with Crippen LogP contribution in [-0.4, -0.2) is 34.8 Å². The maximum Gasteiger partial charge on any atom is 0.262 e. The van der Waals surface area contributed by atoms with E-state index in [9.17, 15) is 14.3 Å². The molecule has 2 atom stereocenters. The number of aliphatic hydroxyl groups is 1. The van der Waals surface area contributed by atoms with Crippen LogP contribution in [0.25, 0.3) is 0 Å². The largest absolute Gasteiger partial charge is 0.378 e. The van der Waals surface area contributed by atoms with Crippen molar-refractivity contribution in [3.63, 3.8) is 0 Å². The zero-order chi connectivity index (χ0) is 23.1. The van der Waals surface area contributed by atoms with Crippen LogP contribution in [-0.2, 0) is 27.5 Å². The highest BCUT2D eigenvalue weighted by Crippen LogP contribution is 2.46. The number of carbonyl (C=O) groups is 1. The number of alkyl halides is 1. The lowest BCUT2D eigenvalue weighted by Crippen LogP contribution is -2.61. The molecule has 6 nitrogen and oxygen atoms in total. The Bertz CT molecular complexity index is 1030. The molecule has 1 amide bonds. The fourth-order valence-corrected chi connectivity index (χ4v) is 4.84. The van der Waals surface area contributed by atoms with Crippen molar-refractivity contribution in [1.82, 2.24) is 15.6 Å². The first-order valence-electron chi connectivity index (χ1n) is 10.5. The molecule has 4 rings (SSSR count). The molecule has 3 N–H and O–H groups in total. The van der Waals surface area contributed by atoms with Crippen LogP contribution in [0, 0.1) is 5.82 Å². The van der Waals surface area contributed by atoms with Crippen molar-refractivity contribution in [2.24, 2.45) is 0 Å². The van der Waals surface area contributed by atoms with Gasteiger partial charge in [0.15, 0.2) is 5.72 Å². The number of aromatic nitrogens is 1. The van der Waals surface area contributed by atoms with Crippen molar-refractivity contribution >= 4 is 17.5 Å². The highest BCUT2D eigenvalue weighted by atomic mass is 35.5. The second kappa shape index (κ2) is 8.33. The molecule has 1 aromatic carbocycles. The summed E-state index contributed by atoms with van der Waals surface area (Å²) < 4.78 is 34.8. The van der Waals surface area contributed by atoms with E-state index in [-0.39, 0.29) is 47.3 Å². The average Bonchev–Trinajstić information content (AvgIpc) is 2.75. The van der Waals surface area contributed by atoms with Crippen molar-refractivity contribution < 1.29 is 23.4 Å². The SMILES string of the molecule is COC1(C)CC(N[C@]2(O)CC[C@@](F)(C(=O)NCc3ccc(F)cc3Cl)c3cccnc32)C1. The van der Waals surface area contributed by atoms with Gasteiger partial charge in [-0.2, -0.15) is 0 Å². The summed E-state index contributed by atoms with van der Waals surface area (Å²) in [6, 6.07) is 6.79. The normalized spacial score (nSPS) is 31.5. The molecule has 1 fully saturated rings. The minimum Gasteiger partial charge on any atom is -0.378 e. The molecular formula is C23H26ClF2N3O3. The van der Waals surface area contributed by atoms with E-state index >= 15 is 4.39 Å². The lowest BCUT2D eigenvalue weighted by Gasteiger charge is -2.49. The maximum absolute atomic E-state index is 16.1. The highest BCUT2D eigenvalue weighted by Gasteiger charge is 2.54. The van der Waals surface area contributed by atoms with E-state index in [0.717, 1.165) is 6.07 Å². The van der Waals surface area contributed by atoms with Crippen molar-refractivity contribution in [2.75, 3.05) is 7.11 Å². The molecule has 0 radical (unpaired) electrons. The van der Waals surface area contributed by atoms with Crippen LogP contribution >= 0.6 is 11.6 Å². The first-order valence-corrected chi connectivity index (χ1v) is 10.9. The monoisotopic (exact) mass is 465 g/mol. The first kappa shape index (κ1) is 23.0. The summed E-state index contributed by atoms with van der Waals surface area (Å²) >= 11 is 6.00. The molecule has 2 aromatic rings. The van der Waals surface area contributed by atoms with E-state index in [2.05, 4.69) is 15.6 Å². The molecule has 1 aromatic heterocycles. The summed E-state index contributed by atoms with van der Waals surface area (Å²) in [5, 5.41) is 17.2. The number of carbonyl (C=O) groups excluding carboxylic acids is 1. The number of rotatable bonds is 6. The number of methoxy groups -OCH3 is 1. The third-order valence-corrected chi connectivity index (χ3v) is 6.92. The fourth-order valence-electron chi connectivity index (χ4n) is 4.61. The van der Waals surface area contributed by atoms with Crippen molar-refractivity contribution in [3.05, 3.63) is 64.2 Å². The smallest absolute Gasteiger partial charge is 0.262 e. The van der Waals surface area contributed by atoms with Gasteiger partial charge in [0.25, 0.3) is 5.91 Å². The highest BCUT2D eigenvalue weighted by molar-refractivity contribution is 6.31. The lowest BCUT2D eigenvalue weighted by molar-refractivity contribution is -0.141. The van der Waals surface area contributed by atoms with Crippen molar-refractivity contribution in [3.8, 4) is 0 Å². The van der Waals surface area contributed by atoms with Crippen molar-refractivity contribution in [2.45, 2.75) is 62.2 Å². The molecule has 2 aliphatic rings. The van der Waals surface area contributed by atoms with Gasteiger partial charge < -0.3 is 15.2 Å². The number of pyridine rings is 1. The van der Waals surface area contributed by atoms with Gasteiger partial charge in [-0.3, -0.25) is 15.1 Å². The molecule has 2 aliphatic carbocycles. The van der Waals surface area contributed by atoms with Gasteiger partial charge in [0.05, 0.1) is 11.3 Å². The zero-order valence-electron chi connectivity index (χ0n) is 17.9. The van der Waals surface area contributed by atoms with Crippen LogP contribution in [0.4, 0.5) is 8.78 Å². The van der Waals surface area contributed by atoms with E-state index in [1.165, 1.54) is 30.5 Å². The van der Waals surface area contributed by atoms with Crippen LogP contribution in [0.1, 0.15) is 49.4 Å². The van der Waals surface area contributed by atoms with Crippen molar-refractivity contribution in [1.29, 1.82) is 0 Å². The molecule has 1 heterocycles. The predicted molar refractivity (Wildman–Crippen MR) is 115 cm³/mol. The van der Waals surface area contributed by atoms with E-state index in [0.29, 0.717) is 18.4 Å². The first-order chi connectivity index (χ1) is 15.1. The number of benzene rings is 1. The topological polar surface area (TPSA) is 83.5 Å². The average molecular weight is 466 g/mol. The minimum atomic E-state index is -2.37. The Hall–Kier alpha value is -2.13. The van der Waals surface area contributed by atoms with Crippen LogP contribution in [0.5, 0.6) is 0 Å². The summed E-state index contributed by atoms with van der Waals surface area (Å²) in [5.74, 6) is -1.35. The standard InChI is InChI=1S/C23H26ClF2N3O3/c1-21(32-2)11-16(12-21)29-23(31)8-7-22(26,17-4-3-9-27-19(17)23)20(30)28-13-14-5-6-15(25)10-18(14)24/h3-6,9-10,16,29,31H,7-8,11-13H2,1-2H3,(H,28,30)/t16?,21?,22-,23-/m0/s1. The molecule has 172 valence electrons. The molecule has 0 spiro atoms. The predicted octanol–water partition coefficient (Wildman–Crippen LogP) is 3.45. The van der Waals surface area contributed by atoms with Crippen LogP contribution in [0.15, 0.2) is 36.5 Å². The fraction of sp³-hybridized carbons (Fsp3) is 0.478. The lowest BCUT2D eigenvalue weighted by atomic mass is 9.73. The number of hydrogen-bond acceptors (Lipinski definition) is 5. The third kappa shape index (κ3) is 4.12. The van der Waals surface area contributed by atoms with E-state index in [1.807, 2.05) is 6.92 Å². The molecule has 0 saturated heterocycles. The van der Waals surface area contributed by atoms with E-state index < -0.39 is 23.1 Å². The molecule has 9 heteroatoms. The molecule has 0 aliphatic heterocycles. The Labute approximate surface area is 190 Å². The van der Waals surface area contributed by atoms with Crippen LogP contribution < -0.4 is 10.6 Å². The van der Waals surface area contributed by atoms with E-state index in [4.69, 9.17) is 16.3 Å². The summed E-state index contributed by atoms with van der Waals surface area (Å²) in [7, 11) is 1.65. The van der Waals surface area contributed by atoms with Crippen LogP contribution in [0.2, 0.25) is 5.02 Å². The van der Waals surface area contributed by atoms with Gasteiger partial charge in [0.1, 0.15) is 5.82 Å². The Kier molecular flexibility index (Phi) is 6.00. The van der Waals surface area contributed by atoms with Gasteiger partial charge >= 0.3 is 0 Å². The summed E-state index contributed by atoms with van der Waals surface area (Å²) in [6.07, 6.45) is 2.61. The summed E-state index contributed by atoms with van der Waals surface area (Å²) in [4.78, 5) is 17.1. The molecule has 0 bridgehead atoms. The number of halogens is 3. The minimum absolute atomic E-state index is 0.0126. The molecular weight excluding hydrogens is 440 g/mol. The Morgan fingerprint density at radius 2 is 2.09 bits per heavy atom. The van der Waals surface area contributed by atoms with Gasteiger partial charge in [0, 0.05) is 36.5 Å². The molecule has 1 saturated carbocycles. The second-order valence-corrected chi connectivity index (χ2v) is 9.29. The Balaban J connectivity index is 1.53. The van der Waals surface area contributed by atoms with Gasteiger partial charge in [0.2, 0.25) is 5.67 Å². The summed E-state index contributed by atoms with van der Waals surface area (Å²) in [5.41, 5.74) is -3.57. The van der Waals surface area contributed by atoms with E-state index in [1.54, 1.807) is 7.11 Å². The number of ether oxygens (including phenoxy) is 1. The van der Waals surface area contributed by atoms with Gasteiger partial charge in [-0.25, -0.2) is 8.78 Å². The maximum atomic E-state index is 16.1. The second-order valence-electron chi connectivity index (χ2n) is 8.88. The zero-order valence-corrected chi connectivity index (χ0v) is 18.7. The Morgan fingerprint density at radius 1 is 1.34 bits per heavy atom.